The Balaban J connectivity index is 1.51. The molecule has 3 rings (SSSR count). The summed E-state index contributed by atoms with van der Waals surface area (Å²) in [6.45, 7) is 3.39. The van der Waals surface area contributed by atoms with Gasteiger partial charge in [0.05, 0.1) is 12.1 Å². The molecule has 0 radical (unpaired) electrons. The second-order valence-corrected chi connectivity index (χ2v) is 7.01. The van der Waals surface area contributed by atoms with Crippen molar-refractivity contribution in [3.05, 3.63) is 0 Å². The molecule has 1 unspecified atom stereocenters. The molecule has 2 aliphatic heterocycles. The third-order valence-corrected chi connectivity index (χ3v) is 5.47. The molecular weight excluding hydrogens is 252 g/mol. The monoisotopic (exact) mass is 280 g/mol. The second-order valence-electron chi connectivity index (χ2n) is 7.01. The van der Waals surface area contributed by atoms with Crippen LogP contribution < -0.4 is 5.73 Å². The van der Waals surface area contributed by atoms with Crippen LogP contribution in [0, 0.1) is 5.92 Å². The molecule has 0 amide bonds. The van der Waals surface area contributed by atoms with Crippen molar-refractivity contribution in [1.29, 1.82) is 0 Å². The zero-order chi connectivity index (χ0) is 14.0. The van der Waals surface area contributed by atoms with Crippen LogP contribution in [0.3, 0.4) is 0 Å². The lowest BCUT2D eigenvalue weighted by Crippen LogP contribution is -2.45. The Morgan fingerprint density at radius 2 is 1.90 bits per heavy atom. The number of piperidine rings is 1. The van der Waals surface area contributed by atoms with Crippen molar-refractivity contribution < 1.29 is 9.53 Å². The molecule has 0 aromatic heterocycles. The molecule has 2 heterocycles. The Bertz CT molecular complexity index is 344. The minimum Gasteiger partial charge on any atom is -0.375 e. The van der Waals surface area contributed by atoms with E-state index in [0.717, 1.165) is 58.2 Å². The van der Waals surface area contributed by atoms with E-state index in [0.29, 0.717) is 18.4 Å². The molecule has 1 spiro atoms. The Hall–Kier alpha value is -0.450. The zero-order valence-corrected chi connectivity index (χ0v) is 12.5. The number of carbonyl (C=O) groups is 1. The summed E-state index contributed by atoms with van der Waals surface area (Å²) in [7, 11) is 0. The van der Waals surface area contributed by atoms with Crippen molar-refractivity contribution in [1.82, 2.24) is 4.90 Å². The van der Waals surface area contributed by atoms with Crippen LogP contribution in [-0.4, -0.2) is 48.6 Å². The van der Waals surface area contributed by atoms with E-state index in [1.165, 1.54) is 12.8 Å². The molecule has 3 fully saturated rings. The van der Waals surface area contributed by atoms with Crippen molar-refractivity contribution in [2.45, 2.75) is 63.0 Å². The highest BCUT2D eigenvalue weighted by Gasteiger charge is 2.41. The molecule has 1 aliphatic carbocycles. The molecular formula is C16H28N2O2. The number of hydrogen-bond acceptors (Lipinski definition) is 4. The summed E-state index contributed by atoms with van der Waals surface area (Å²) in [5.74, 6) is 0.674. The van der Waals surface area contributed by atoms with Crippen LogP contribution in [0.1, 0.15) is 51.4 Å². The first-order valence-electron chi connectivity index (χ1n) is 8.31. The maximum atomic E-state index is 12.6. The van der Waals surface area contributed by atoms with E-state index in [4.69, 9.17) is 10.5 Å². The van der Waals surface area contributed by atoms with Gasteiger partial charge >= 0.3 is 0 Å². The lowest BCUT2D eigenvalue weighted by atomic mass is 9.82. The highest BCUT2D eigenvalue weighted by molar-refractivity contribution is 5.83. The van der Waals surface area contributed by atoms with Crippen molar-refractivity contribution in [2.24, 2.45) is 11.7 Å². The number of rotatable bonds is 3. The maximum absolute atomic E-state index is 12.6. The van der Waals surface area contributed by atoms with Crippen molar-refractivity contribution >= 4 is 5.78 Å². The number of Topliss-reactive ketones (excluding diaryl/α,β-unsaturated/α-hetero) is 1. The molecule has 3 aliphatic rings. The summed E-state index contributed by atoms with van der Waals surface area (Å²) in [4.78, 5) is 14.9. The molecule has 1 atom stereocenters. The first kappa shape index (κ1) is 14.5. The molecule has 0 aromatic carbocycles. The Labute approximate surface area is 122 Å². The summed E-state index contributed by atoms with van der Waals surface area (Å²) < 4.78 is 6.03. The van der Waals surface area contributed by atoms with E-state index < -0.39 is 0 Å². The summed E-state index contributed by atoms with van der Waals surface area (Å²) in [5.41, 5.74) is 5.98. The van der Waals surface area contributed by atoms with Crippen LogP contribution in [0.5, 0.6) is 0 Å². The minimum atomic E-state index is 0.0584. The van der Waals surface area contributed by atoms with Crippen LogP contribution in [-0.2, 0) is 9.53 Å². The third kappa shape index (κ3) is 3.23. The van der Waals surface area contributed by atoms with Gasteiger partial charge in [-0.05, 0) is 38.5 Å². The molecule has 1 saturated carbocycles. The molecule has 4 nitrogen and oxygen atoms in total. The fraction of sp³-hybridized carbons (Fsp3) is 0.938. The van der Waals surface area contributed by atoms with Gasteiger partial charge in [-0.3, -0.25) is 9.69 Å². The van der Waals surface area contributed by atoms with E-state index in [2.05, 4.69) is 4.90 Å². The SMILES string of the molecule is NC1CCN(CC(=O)C2CCOC3(CCCC3)C2)CC1. The average Bonchev–Trinajstić information content (AvgIpc) is 2.89. The molecule has 4 heteroatoms. The number of nitrogens with zero attached hydrogens (tertiary/aromatic N) is 1. The Morgan fingerprint density at radius 3 is 2.60 bits per heavy atom. The molecule has 0 bridgehead atoms. The third-order valence-electron chi connectivity index (χ3n) is 5.47. The van der Waals surface area contributed by atoms with Crippen molar-refractivity contribution in [2.75, 3.05) is 26.2 Å². The van der Waals surface area contributed by atoms with Crippen LogP contribution in [0.2, 0.25) is 0 Å². The van der Waals surface area contributed by atoms with E-state index in [1.807, 2.05) is 0 Å². The number of nitrogens with two attached hydrogens (primary N) is 1. The molecule has 114 valence electrons. The summed E-state index contributed by atoms with van der Waals surface area (Å²) in [5, 5.41) is 0. The zero-order valence-electron chi connectivity index (χ0n) is 12.5. The van der Waals surface area contributed by atoms with Gasteiger partial charge in [-0.25, -0.2) is 0 Å². The molecule has 2 N–H and O–H groups in total. The van der Waals surface area contributed by atoms with Gasteiger partial charge in [0, 0.05) is 31.7 Å². The second kappa shape index (κ2) is 6.12. The fourth-order valence-corrected chi connectivity index (χ4v) is 4.13. The molecule has 2 saturated heterocycles. The number of likely N-dealkylation sites (tertiary alicyclic amines) is 1. The number of ether oxygens (including phenoxy) is 1. The van der Waals surface area contributed by atoms with E-state index in [9.17, 15) is 4.79 Å². The smallest absolute Gasteiger partial charge is 0.150 e. The Kier molecular flexibility index (Phi) is 4.43. The number of ketones is 1. The minimum absolute atomic E-state index is 0.0584. The van der Waals surface area contributed by atoms with Crippen LogP contribution in [0.15, 0.2) is 0 Å². The van der Waals surface area contributed by atoms with Gasteiger partial charge in [-0.2, -0.15) is 0 Å². The predicted octanol–water partition coefficient (Wildman–Crippen LogP) is 1.72. The summed E-state index contributed by atoms with van der Waals surface area (Å²) in [6, 6.07) is 0.339. The van der Waals surface area contributed by atoms with Gasteiger partial charge in [0.15, 0.2) is 0 Å². The topological polar surface area (TPSA) is 55.6 Å². The van der Waals surface area contributed by atoms with Gasteiger partial charge in [0.1, 0.15) is 5.78 Å². The predicted molar refractivity (Wildman–Crippen MR) is 78.5 cm³/mol. The van der Waals surface area contributed by atoms with Crippen LogP contribution in [0.4, 0.5) is 0 Å². The van der Waals surface area contributed by atoms with Gasteiger partial charge in [0.2, 0.25) is 0 Å². The van der Waals surface area contributed by atoms with Crippen LogP contribution in [0.25, 0.3) is 0 Å². The van der Waals surface area contributed by atoms with Crippen molar-refractivity contribution in [3.8, 4) is 0 Å². The standard InChI is InChI=1S/C16H28N2O2/c17-14-3-8-18(9-4-14)12-15(19)13-5-10-20-16(11-13)6-1-2-7-16/h13-14H,1-12,17H2. The first-order valence-corrected chi connectivity index (χ1v) is 8.31. The lowest BCUT2D eigenvalue weighted by Gasteiger charge is -2.38. The van der Waals surface area contributed by atoms with E-state index >= 15 is 0 Å². The lowest BCUT2D eigenvalue weighted by molar-refractivity contribution is -0.137. The quantitative estimate of drug-likeness (QED) is 0.855. The normalized spacial score (nSPS) is 31.8. The largest absolute Gasteiger partial charge is 0.375 e. The summed E-state index contributed by atoms with van der Waals surface area (Å²) >= 11 is 0. The first-order chi connectivity index (χ1) is 9.67. The fourth-order valence-electron chi connectivity index (χ4n) is 4.13. The molecule has 0 aromatic rings. The van der Waals surface area contributed by atoms with Gasteiger partial charge in [-0.1, -0.05) is 12.8 Å². The van der Waals surface area contributed by atoms with E-state index in [-0.39, 0.29) is 11.5 Å². The van der Waals surface area contributed by atoms with Crippen LogP contribution >= 0.6 is 0 Å². The number of hydrogen-bond donors (Lipinski definition) is 1. The Morgan fingerprint density at radius 1 is 1.20 bits per heavy atom. The molecule has 20 heavy (non-hydrogen) atoms. The van der Waals surface area contributed by atoms with Gasteiger partial charge < -0.3 is 10.5 Å². The van der Waals surface area contributed by atoms with Gasteiger partial charge in [0.25, 0.3) is 0 Å². The highest BCUT2D eigenvalue weighted by Crippen LogP contribution is 2.42. The maximum Gasteiger partial charge on any atom is 0.150 e. The van der Waals surface area contributed by atoms with E-state index in [1.54, 1.807) is 0 Å². The average molecular weight is 280 g/mol. The highest BCUT2D eigenvalue weighted by atomic mass is 16.5. The number of carbonyl (C=O) groups excluding carboxylic acids is 1. The van der Waals surface area contributed by atoms with Crippen molar-refractivity contribution in [3.63, 3.8) is 0 Å². The summed E-state index contributed by atoms with van der Waals surface area (Å²) in [6.07, 6.45) is 8.82. The van der Waals surface area contributed by atoms with Gasteiger partial charge in [-0.15, -0.1) is 0 Å².